The summed E-state index contributed by atoms with van der Waals surface area (Å²) in [6.45, 7) is 6.74. The monoisotopic (exact) mass is 516 g/mol. The summed E-state index contributed by atoms with van der Waals surface area (Å²) in [5.74, 6) is 0.461. The quantitative estimate of drug-likeness (QED) is 0.330. The molecule has 0 amide bonds. The Labute approximate surface area is 228 Å². The summed E-state index contributed by atoms with van der Waals surface area (Å²) < 4.78 is 1.76. The predicted molar refractivity (Wildman–Crippen MR) is 159 cm³/mol. The maximum Gasteiger partial charge on any atom is 0.261 e. The fourth-order valence-corrected chi connectivity index (χ4v) is 5.14. The highest BCUT2D eigenvalue weighted by Crippen LogP contribution is 2.27. The number of hydrogen-bond donors (Lipinski definition) is 1. The van der Waals surface area contributed by atoms with Gasteiger partial charge in [-0.1, -0.05) is 60.2 Å². The van der Waals surface area contributed by atoms with Crippen molar-refractivity contribution in [3.05, 3.63) is 113 Å². The molecule has 196 valence electrons. The first-order valence-electron chi connectivity index (χ1n) is 13.4. The van der Waals surface area contributed by atoms with Gasteiger partial charge in [-0.2, -0.15) is 0 Å². The van der Waals surface area contributed by atoms with Gasteiger partial charge in [-0.25, -0.2) is 9.97 Å². The number of anilines is 3. The molecule has 0 atom stereocenters. The van der Waals surface area contributed by atoms with Gasteiger partial charge in [0, 0.05) is 55.5 Å². The molecule has 6 rings (SSSR count). The van der Waals surface area contributed by atoms with E-state index in [1.807, 2.05) is 48.7 Å². The first-order valence-corrected chi connectivity index (χ1v) is 13.4. The molecular weight excluding hydrogens is 484 g/mol. The van der Waals surface area contributed by atoms with Crippen molar-refractivity contribution in [2.75, 3.05) is 43.4 Å². The van der Waals surface area contributed by atoms with Crippen LogP contribution in [0.4, 0.5) is 17.3 Å². The minimum Gasteiger partial charge on any atom is -0.369 e. The molecule has 3 aromatic carbocycles. The molecule has 39 heavy (non-hydrogen) atoms. The van der Waals surface area contributed by atoms with Crippen molar-refractivity contribution in [1.82, 2.24) is 19.4 Å². The number of piperazine rings is 1. The molecule has 1 aliphatic rings. The molecule has 7 heteroatoms. The van der Waals surface area contributed by atoms with Crippen LogP contribution in [0.3, 0.4) is 0 Å². The highest BCUT2D eigenvalue weighted by Gasteiger charge is 2.16. The van der Waals surface area contributed by atoms with E-state index in [1.54, 1.807) is 10.8 Å². The molecule has 0 saturated carbocycles. The van der Waals surface area contributed by atoms with E-state index in [0.717, 1.165) is 48.6 Å². The third kappa shape index (κ3) is 5.40. The van der Waals surface area contributed by atoms with Crippen molar-refractivity contribution in [2.45, 2.75) is 13.5 Å². The summed E-state index contributed by atoms with van der Waals surface area (Å²) >= 11 is 0. The van der Waals surface area contributed by atoms with Crippen LogP contribution >= 0.6 is 0 Å². The van der Waals surface area contributed by atoms with Crippen LogP contribution in [-0.4, -0.2) is 52.7 Å². The van der Waals surface area contributed by atoms with E-state index >= 15 is 0 Å². The standard InChI is InChI=1S/C32H32N6O/c1-23-7-6-8-24(19-23)21-38-22-29(25-9-4-3-5-10-25)30-28(31(38)39)20-33-32(35-30)34-26-11-13-27(14-12-26)37-17-15-36(2)16-18-37/h3-14,19-20,22H,15-18,21H2,1-2H3,(H,33,34,35). The Morgan fingerprint density at radius 2 is 1.67 bits per heavy atom. The van der Waals surface area contributed by atoms with E-state index in [0.29, 0.717) is 23.4 Å². The van der Waals surface area contributed by atoms with Gasteiger partial charge in [-0.05, 0) is 49.4 Å². The number of benzene rings is 3. The molecule has 1 saturated heterocycles. The lowest BCUT2D eigenvalue weighted by Crippen LogP contribution is -2.44. The molecule has 0 radical (unpaired) electrons. The van der Waals surface area contributed by atoms with Gasteiger partial charge in [0.25, 0.3) is 5.56 Å². The molecule has 0 bridgehead atoms. The molecular formula is C32H32N6O. The number of rotatable bonds is 6. The summed E-state index contributed by atoms with van der Waals surface area (Å²) in [5.41, 5.74) is 6.80. The molecule has 1 fully saturated rings. The lowest BCUT2D eigenvalue weighted by molar-refractivity contribution is 0.313. The van der Waals surface area contributed by atoms with Gasteiger partial charge in [-0.3, -0.25) is 4.79 Å². The second kappa shape index (κ2) is 10.7. The summed E-state index contributed by atoms with van der Waals surface area (Å²) in [5, 5.41) is 3.83. The lowest BCUT2D eigenvalue weighted by Gasteiger charge is -2.34. The van der Waals surface area contributed by atoms with E-state index in [2.05, 4.69) is 70.5 Å². The number of pyridine rings is 1. The van der Waals surface area contributed by atoms with Crippen molar-refractivity contribution >= 4 is 28.2 Å². The predicted octanol–water partition coefficient (Wildman–Crippen LogP) is 5.31. The number of nitrogens with one attached hydrogen (secondary N) is 1. The van der Waals surface area contributed by atoms with Crippen LogP contribution in [0.1, 0.15) is 11.1 Å². The minimum absolute atomic E-state index is 0.103. The van der Waals surface area contributed by atoms with E-state index in [9.17, 15) is 4.79 Å². The van der Waals surface area contributed by atoms with Gasteiger partial charge in [-0.15, -0.1) is 0 Å². The average Bonchev–Trinajstić information content (AvgIpc) is 2.96. The van der Waals surface area contributed by atoms with E-state index in [1.165, 1.54) is 11.3 Å². The Bertz CT molecular complexity index is 1650. The Hall–Kier alpha value is -4.49. The zero-order valence-corrected chi connectivity index (χ0v) is 22.3. The largest absolute Gasteiger partial charge is 0.369 e. The van der Waals surface area contributed by atoms with Crippen molar-refractivity contribution < 1.29 is 0 Å². The molecule has 0 unspecified atom stereocenters. The zero-order valence-electron chi connectivity index (χ0n) is 22.3. The summed E-state index contributed by atoms with van der Waals surface area (Å²) in [6.07, 6.45) is 3.56. The Morgan fingerprint density at radius 3 is 2.41 bits per heavy atom. The Kier molecular flexibility index (Phi) is 6.82. The van der Waals surface area contributed by atoms with Gasteiger partial charge >= 0.3 is 0 Å². The number of likely N-dealkylation sites (N-methyl/N-ethyl adjacent to an activating group) is 1. The Balaban J connectivity index is 1.34. The van der Waals surface area contributed by atoms with E-state index in [4.69, 9.17) is 4.98 Å². The highest BCUT2D eigenvalue weighted by atomic mass is 16.1. The van der Waals surface area contributed by atoms with E-state index < -0.39 is 0 Å². The second-order valence-electron chi connectivity index (χ2n) is 10.2. The van der Waals surface area contributed by atoms with Crippen LogP contribution in [0.5, 0.6) is 0 Å². The molecule has 1 N–H and O–H groups in total. The molecule has 3 heterocycles. The average molecular weight is 517 g/mol. The van der Waals surface area contributed by atoms with Gasteiger partial charge in [0.15, 0.2) is 0 Å². The highest BCUT2D eigenvalue weighted by molar-refractivity contribution is 5.93. The number of nitrogens with zero attached hydrogens (tertiary/aromatic N) is 5. The second-order valence-corrected chi connectivity index (χ2v) is 10.2. The van der Waals surface area contributed by atoms with E-state index in [-0.39, 0.29) is 5.56 Å². The lowest BCUT2D eigenvalue weighted by atomic mass is 10.0. The first kappa shape index (κ1) is 24.8. The number of aromatic nitrogens is 3. The molecule has 0 aliphatic carbocycles. The van der Waals surface area contributed by atoms with Crippen molar-refractivity contribution in [1.29, 1.82) is 0 Å². The summed E-state index contributed by atoms with van der Waals surface area (Å²) in [6, 6.07) is 26.7. The summed E-state index contributed by atoms with van der Waals surface area (Å²) in [4.78, 5) is 27.7. The van der Waals surface area contributed by atoms with Crippen molar-refractivity contribution in [3.63, 3.8) is 0 Å². The Morgan fingerprint density at radius 1 is 0.897 bits per heavy atom. The van der Waals surface area contributed by atoms with Crippen LogP contribution in [-0.2, 0) is 6.54 Å². The van der Waals surface area contributed by atoms with Crippen LogP contribution in [0.2, 0.25) is 0 Å². The number of aryl methyl sites for hydroxylation is 1. The number of hydrogen-bond acceptors (Lipinski definition) is 6. The normalized spacial score (nSPS) is 14.1. The number of fused-ring (bicyclic) bond motifs is 1. The van der Waals surface area contributed by atoms with Crippen LogP contribution < -0.4 is 15.8 Å². The topological polar surface area (TPSA) is 66.3 Å². The minimum atomic E-state index is -0.103. The van der Waals surface area contributed by atoms with Gasteiger partial charge < -0.3 is 19.7 Å². The SMILES string of the molecule is Cc1cccc(Cn2cc(-c3ccccc3)c3nc(Nc4ccc(N5CCN(C)CC5)cc4)ncc3c2=O)c1. The third-order valence-electron chi connectivity index (χ3n) is 7.33. The maximum absolute atomic E-state index is 13.5. The fourth-order valence-electron chi connectivity index (χ4n) is 5.14. The van der Waals surface area contributed by atoms with Gasteiger partial charge in [0.1, 0.15) is 0 Å². The summed E-state index contributed by atoms with van der Waals surface area (Å²) in [7, 11) is 2.16. The van der Waals surface area contributed by atoms with Crippen LogP contribution in [0, 0.1) is 6.92 Å². The smallest absolute Gasteiger partial charge is 0.261 e. The maximum atomic E-state index is 13.5. The van der Waals surface area contributed by atoms with Crippen LogP contribution in [0.25, 0.3) is 22.0 Å². The zero-order chi connectivity index (χ0) is 26.8. The van der Waals surface area contributed by atoms with Gasteiger partial charge in [0.2, 0.25) is 5.95 Å². The molecule has 2 aromatic heterocycles. The molecule has 0 spiro atoms. The van der Waals surface area contributed by atoms with Crippen LogP contribution in [0.15, 0.2) is 96.1 Å². The molecule has 1 aliphatic heterocycles. The third-order valence-corrected chi connectivity index (χ3v) is 7.33. The molecule has 5 aromatic rings. The molecule has 7 nitrogen and oxygen atoms in total. The fraction of sp³-hybridized carbons (Fsp3) is 0.219. The first-order chi connectivity index (χ1) is 19.0. The van der Waals surface area contributed by atoms with Crippen molar-refractivity contribution in [3.8, 4) is 11.1 Å². The van der Waals surface area contributed by atoms with Crippen molar-refractivity contribution in [2.24, 2.45) is 0 Å². The van der Waals surface area contributed by atoms with Gasteiger partial charge in [0.05, 0.1) is 17.4 Å².